The van der Waals surface area contributed by atoms with Crippen LogP contribution >= 0.6 is 11.9 Å². The number of likely N-dealkylation sites (tertiary alicyclic amines) is 1. The van der Waals surface area contributed by atoms with E-state index in [1.165, 1.54) is 63.7 Å². The second kappa shape index (κ2) is 4.67. The van der Waals surface area contributed by atoms with Crippen LogP contribution in [-0.2, 0) is 0 Å². The Bertz CT molecular complexity index is 151. The van der Waals surface area contributed by atoms with Crippen molar-refractivity contribution >= 4 is 11.9 Å². The van der Waals surface area contributed by atoms with E-state index >= 15 is 0 Å². The molecule has 0 radical (unpaired) electrons. The summed E-state index contributed by atoms with van der Waals surface area (Å²) >= 11 is 1.54. The molecule has 2 fully saturated rings. The minimum absolute atomic E-state index is 0.726. The summed E-state index contributed by atoms with van der Waals surface area (Å²) in [5, 5.41) is 6.24. The fraction of sp³-hybridized carbons (Fsp3) is 1.00. The van der Waals surface area contributed by atoms with Crippen LogP contribution in [0.4, 0.5) is 0 Å². The average molecular weight is 200 g/mol. The van der Waals surface area contributed by atoms with Gasteiger partial charge in [0.1, 0.15) is 0 Å². The van der Waals surface area contributed by atoms with Gasteiger partial charge < -0.3 is 4.90 Å². The molecule has 0 spiro atoms. The largest absolute Gasteiger partial charge is 0.301 e. The van der Waals surface area contributed by atoms with Crippen LogP contribution in [-0.4, -0.2) is 29.8 Å². The Kier molecular flexibility index (Phi) is 3.52. The van der Waals surface area contributed by atoms with Crippen LogP contribution in [0, 0.1) is 5.92 Å². The van der Waals surface area contributed by atoms with Crippen LogP contribution in [0.1, 0.15) is 32.1 Å². The Morgan fingerprint density at radius 2 is 1.85 bits per heavy atom. The maximum absolute atomic E-state index is 5.52. The van der Waals surface area contributed by atoms with E-state index < -0.39 is 0 Å². The third kappa shape index (κ3) is 2.61. The van der Waals surface area contributed by atoms with Gasteiger partial charge in [0, 0.05) is 24.9 Å². The molecular formula is C10H20N2S. The number of rotatable bonds is 3. The molecule has 0 atom stereocenters. The van der Waals surface area contributed by atoms with E-state index in [1.807, 2.05) is 0 Å². The van der Waals surface area contributed by atoms with Gasteiger partial charge in [-0.3, -0.25) is 5.14 Å². The highest BCUT2D eigenvalue weighted by atomic mass is 32.2. The lowest BCUT2D eigenvalue weighted by Crippen LogP contribution is -2.51. The van der Waals surface area contributed by atoms with Crippen LogP contribution < -0.4 is 5.14 Å². The Balaban J connectivity index is 1.62. The van der Waals surface area contributed by atoms with Crippen molar-refractivity contribution in [2.75, 3.05) is 19.6 Å². The second-order valence-electron chi connectivity index (χ2n) is 4.48. The second-order valence-corrected chi connectivity index (χ2v) is 5.42. The molecule has 0 unspecified atom stereocenters. The normalized spacial score (nSPS) is 27.5. The molecule has 1 saturated carbocycles. The molecule has 0 aromatic rings. The number of hydrogen-bond acceptors (Lipinski definition) is 3. The summed E-state index contributed by atoms with van der Waals surface area (Å²) in [6, 6.07) is 0. The van der Waals surface area contributed by atoms with Gasteiger partial charge >= 0.3 is 0 Å². The van der Waals surface area contributed by atoms with Crippen LogP contribution in [0.15, 0.2) is 0 Å². The molecule has 0 aromatic carbocycles. The lowest BCUT2D eigenvalue weighted by Gasteiger charge is -2.40. The highest BCUT2D eigenvalue weighted by Crippen LogP contribution is 2.27. The van der Waals surface area contributed by atoms with Crippen LogP contribution in [0.3, 0.4) is 0 Å². The van der Waals surface area contributed by atoms with Crippen molar-refractivity contribution in [2.24, 2.45) is 11.1 Å². The Labute approximate surface area is 85.4 Å². The van der Waals surface area contributed by atoms with Gasteiger partial charge in [0.05, 0.1) is 0 Å². The molecule has 13 heavy (non-hydrogen) atoms. The van der Waals surface area contributed by atoms with Gasteiger partial charge in [0.25, 0.3) is 0 Å². The van der Waals surface area contributed by atoms with Crippen molar-refractivity contribution in [3.8, 4) is 0 Å². The summed E-state index contributed by atoms with van der Waals surface area (Å²) in [7, 11) is 0. The average Bonchev–Trinajstić information content (AvgIpc) is 2.12. The number of hydrogen-bond donors (Lipinski definition) is 1. The smallest absolute Gasteiger partial charge is 0.0445 e. The molecule has 1 heterocycles. The van der Waals surface area contributed by atoms with Crippen molar-refractivity contribution in [3.63, 3.8) is 0 Å². The summed E-state index contributed by atoms with van der Waals surface area (Å²) in [4.78, 5) is 2.57. The first-order chi connectivity index (χ1) is 6.38. The highest BCUT2D eigenvalue weighted by molar-refractivity contribution is 7.97. The molecular weight excluding hydrogens is 180 g/mol. The summed E-state index contributed by atoms with van der Waals surface area (Å²) in [5.41, 5.74) is 0. The van der Waals surface area contributed by atoms with Gasteiger partial charge in [0.15, 0.2) is 0 Å². The third-order valence-corrected chi connectivity index (χ3v) is 4.04. The van der Waals surface area contributed by atoms with Gasteiger partial charge in [0.2, 0.25) is 0 Å². The van der Waals surface area contributed by atoms with Crippen molar-refractivity contribution < 1.29 is 0 Å². The molecule has 3 heteroatoms. The van der Waals surface area contributed by atoms with Gasteiger partial charge in [-0.25, -0.2) is 0 Å². The van der Waals surface area contributed by atoms with Crippen molar-refractivity contribution in [1.82, 2.24) is 4.90 Å². The SMILES string of the molecule is NSC1CN(CC2CCCCC2)C1. The third-order valence-electron chi connectivity index (χ3n) is 3.36. The van der Waals surface area contributed by atoms with Crippen LogP contribution in [0.25, 0.3) is 0 Å². The zero-order chi connectivity index (χ0) is 9.10. The van der Waals surface area contributed by atoms with E-state index in [-0.39, 0.29) is 0 Å². The molecule has 1 aliphatic carbocycles. The Morgan fingerprint density at radius 3 is 2.46 bits per heavy atom. The van der Waals surface area contributed by atoms with Crippen molar-refractivity contribution in [1.29, 1.82) is 0 Å². The number of nitrogens with zero attached hydrogens (tertiary/aromatic N) is 1. The summed E-state index contributed by atoms with van der Waals surface area (Å²) < 4.78 is 0. The quantitative estimate of drug-likeness (QED) is 0.705. The molecule has 0 aromatic heterocycles. The summed E-state index contributed by atoms with van der Waals surface area (Å²) in [5.74, 6) is 0.998. The maximum Gasteiger partial charge on any atom is 0.0445 e. The first-order valence-electron chi connectivity index (χ1n) is 5.46. The minimum atomic E-state index is 0.726. The van der Waals surface area contributed by atoms with E-state index in [1.54, 1.807) is 0 Å². The monoisotopic (exact) mass is 200 g/mol. The molecule has 2 N–H and O–H groups in total. The van der Waals surface area contributed by atoms with Crippen LogP contribution in [0.2, 0.25) is 0 Å². The minimum Gasteiger partial charge on any atom is -0.301 e. The molecule has 2 nitrogen and oxygen atoms in total. The maximum atomic E-state index is 5.52. The summed E-state index contributed by atoms with van der Waals surface area (Å²) in [6.45, 7) is 3.81. The fourth-order valence-electron chi connectivity index (χ4n) is 2.49. The molecule has 0 bridgehead atoms. The molecule has 2 rings (SSSR count). The Hall–Kier alpha value is 0.270. The first kappa shape index (κ1) is 9.81. The molecule has 1 aliphatic heterocycles. The molecule has 0 amide bonds. The predicted octanol–water partition coefficient (Wildman–Crippen LogP) is 1.86. The molecule has 2 aliphatic rings. The topological polar surface area (TPSA) is 29.3 Å². The van der Waals surface area contributed by atoms with Gasteiger partial charge in [-0.05, 0) is 18.8 Å². The standard InChI is InChI=1S/C10H20N2S/c11-13-10-7-12(8-10)6-9-4-2-1-3-5-9/h9-10H,1-8,11H2. The summed E-state index contributed by atoms with van der Waals surface area (Å²) in [6.07, 6.45) is 7.34. The van der Waals surface area contributed by atoms with Gasteiger partial charge in [-0.1, -0.05) is 31.2 Å². The van der Waals surface area contributed by atoms with E-state index in [0.29, 0.717) is 0 Å². The highest BCUT2D eigenvalue weighted by Gasteiger charge is 2.28. The van der Waals surface area contributed by atoms with Gasteiger partial charge in [-0.15, -0.1) is 0 Å². The van der Waals surface area contributed by atoms with Crippen LogP contribution in [0.5, 0.6) is 0 Å². The zero-order valence-corrected chi connectivity index (χ0v) is 9.06. The first-order valence-corrected chi connectivity index (χ1v) is 6.40. The zero-order valence-electron chi connectivity index (χ0n) is 8.24. The van der Waals surface area contributed by atoms with Crippen molar-refractivity contribution in [2.45, 2.75) is 37.4 Å². The van der Waals surface area contributed by atoms with E-state index in [0.717, 1.165) is 11.2 Å². The lowest BCUT2D eigenvalue weighted by molar-refractivity contribution is 0.143. The van der Waals surface area contributed by atoms with E-state index in [4.69, 9.17) is 5.14 Å². The number of nitrogens with two attached hydrogens (primary N) is 1. The molecule has 76 valence electrons. The van der Waals surface area contributed by atoms with E-state index in [2.05, 4.69) is 4.90 Å². The van der Waals surface area contributed by atoms with Crippen molar-refractivity contribution in [3.05, 3.63) is 0 Å². The predicted molar refractivity (Wildman–Crippen MR) is 58.6 cm³/mol. The van der Waals surface area contributed by atoms with Gasteiger partial charge in [-0.2, -0.15) is 0 Å². The lowest BCUT2D eigenvalue weighted by atomic mass is 9.88. The Morgan fingerprint density at radius 1 is 1.15 bits per heavy atom. The molecule has 1 saturated heterocycles. The fourth-order valence-corrected chi connectivity index (χ4v) is 3.09. The van der Waals surface area contributed by atoms with E-state index in [9.17, 15) is 0 Å².